The lowest BCUT2D eigenvalue weighted by Crippen LogP contribution is -2.24. The van der Waals surface area contributed by atoms with Crippen LogP contribution in [0.15, 0.2) is 60.9 Å². The van der Waals surface area contributed by atoms with Crippen molar-refractivity contribution in [3.05, 3.63) is 77.7 Å². The van der Waals surface area contributed by atoms with Gasteiger partial charge in [-0.2, -0.15) is 0 Å². The Hall–Kier alpha value is -3.41. The Bertz CT molecular complexity index is 1240. The molecule has 3 heterocycles. The van der Waals surface area contributed by atoms with Crippen molar-refractivity contribution in [2.24, 2.45) is 0 Å². The van der Waals surface area contributed by atoms with Gasteiger partial charge in [0.25, 0.3) is 0 Å². The lowest BCUT2D eigenvalue weighted by molar-refractivity contribution is 0.0264. The summed E-state index contributed by atoms with van der Waals surface area (Å²) in [6.45, 7) is 2.73. The van der Waals surface area contributed by atoms with Crippen molar-refractivity contribution in [1.82, 2.24) is 19.6 Å². The SMILES string of the molecule is CCCCCCCc1cn(CC2Cc3cn(-c4ccccc4)c4cccc(c34)C(=O)O2)nn1. The van der Waals surface area contributed by atoms with Crippen molar-refractivity contribution in [3.63, 3.8) is 0 Å². The summed E-state index contributed by atoms with van der Waals surface area (Å²) in [5.74, 6) is -0.272. The monoisotopic (exact) mass is 442 g/mol. The van der Waals surface area contributed by atoms with Crippen molar-refractivity contribution < 1.29 is 9.53 Å². The van der Waals surface area contributed by atoms with Crippen LogP contribution >= 0.6 is 0 Å². The zero-order chi connectivity index (χ0) is 22.6. The van der Waals surface area contributed by atoms with E-state index in [0.717, 1.165) is 40.7 Å². The molecule has 0 fully saturated rings. The average Bonchev–Trinajstić information content (AvgIpc) is 3.40. The molecular formula is C27H30N4O2. The number of hydrogen-bond acceptors (Lipinski definition) is 4. The summed E-state index contributed by atoms with van der Waals surface area (Å²) in [5.41, 5.74) is 4.86. The predicted molar refractivity (Wildman–Crippen MR) is 129 cm³/mol. The summed E-state index contributed by atoms with van der Waals surface area (Å²) in [4.78, 5) is 13.0. The van der Waals surface area contributed by atoms with E-state index in [1.54, 1.807) is 0 Å². The molecule has 4 aromatic rings. The lowest BCUT2D eigenvalue weighted by atomic mass is 10.0. The number of aromatic nitrogens is 4. The fourth-order valence-electron chi connectivity index (χ4n) is 4.76. The van der Waals surface area contributed by atoms with Crippen LogP contribution in [0, 0.1) is 0 Å². The number of carbonyl (C=O) groups is 1. The number of esters is 1. The molecule has 0 bridgehead atoms. The van der Waals surface area contributed by atoms with Crippen LogP contribution in [-0.2, 0) is 24.1 Å². The Morgan fingerprint density at radius 1 is 1.00 bits per heavy atom. The highest BCUT2D eigenvalue weighted by atomic mass is 16.5. The Morgan fingerprint density at radius 2 is 1.85 bits per heavy atom. The summed E-state index contributed by atoms with van der Waals surface area (Å²) >= 11 is 0. The molecule has 1 unspecified atom stereocenters. The van der Waals surface area contributed by atoms with Gasteiger partial charge in [0, 0.05) is 29.9 Å². The van der Waals surface area contributed by atoms with Gasteiger partial charge in [0.2, 0.25) is 0 Å². The minimum atomic E-state index is -0.293. The topological polar surface area (TPSA) is 61.9 Å². The van der Waals surface area contributed by atoms with Gasteiger partial charge < -0.3 is 9.30 Å². The summed E-state index contributed by atoms with van der Waals surface area (Å²) in [6, 6.07) is 16.1. The maximum Gasteiger partial charge on any atom is 0.339 e. The van der Waals surface area contributed by atoms with Gasteiger partial charge in [-0.25, -0.2) is 9.48 Å². The van der Waals surface area contributed by atoms with E-state index in [1.165, 1.54) is 25.7 Å². The van der Waals surface area contributed by atoms with Crippen LogP contribution < -0.4 is 0 Å². The molecule has 2 aromatic heterocycles. The lowest BCUT2D eigenvalue weighted by Gasteiger charge is -2.15. The number of rotatable bonds is 9. The number of aryl methyl sites for hydroxylation is 1. The highest BCUT2D eigenvalue weighted by Gasteiger charge is 2.28. The van der Waals surface area contributed by atoms with Crippen LogP contribution in [0.1, 0.15) is 60.6 Å². The van der Waals surface area contributed by atoms with Gasteiger partial charge in [-0.1, -0.05) is 62.1 Å². The number of para-hydroxylation sites is 1. The van der Waals surface area contributed by atoms with E-state index in [4.69, 9.17) is 4.74 Å². The van der Waals surface area contributed by atoms with Crippen molar-refractivity contribution in [3.8, 4) is 5.69 Å². The van der Waals surface area contributed by atoms with Crippen molar-refractivity contribution in [2.45, 2.75) is 64.5 Å². The Kier molecular flexibility index (Phi) is 6.24. The fraction of sp³-hybridized carbons (Fsp3) is 0.370. The zero-order valence-electron chi connectivity index (χ0n) is 19.1. The van der Waals surface area contributed by atoms with Gasteiger partial charge in [-0.15, -0.1) is 5.10 Å². The molecule has 0 saturated heterocycles. The summed E-state index contributed by atoms with van der Waals surface area (Å²) < 4.78 is 9.87. The Balaban J connectivity index is 1.35. The molecule has 0 aliphatic carbocycles. The maximum atomic E-state index is 13.0. The molecule has 1 atom stereocenters. The number of carbonyl (C=O) groups excluding carboxylic acids is 1. The maximum absolute atomic E-state index is 13.0. The molecule has 5 rings (SSSR count). The molecule has 2 aromatic carbocycles. The zero-order valence-corrected chi connectivity index (χ0v) is 19.1. The van der Waals surface area contributed by atoms with Gasteiger partial charge in [0.05, 0.1) is 23.3 Å². The van der Waals surface area contributed by atoms with E-state index in [0.29, 0.717) is 18.5 Å². The molecule has 0 N–H and O–H groups in total. The number of cyclic esters (lactones) is 1. The van der Waals surface area contributed by atoms with Gasteiger partial charge >= 0.3 is 5.97 Å². The van der Waals surface area contributed by atoms with Crippen LogP contribution in [-0.4, -0.2) is 31.6 Å². The second-order valence-corrected chi connectivity index (χ2v) is 8.89. The van der Waals surface area contributed by atoms with Crippen LogP contribution in [0.3, 0.4) is 0 Å². The summed E-state index contributed by atoms with van der Waals surface area (Å²) in [6.07, 6.45) is 11.6. The van der Waals surface area contributed by atoms with Crippen molar-refractivity contribution >= 4 is 16.9 Å². The summed E-state index contributed by atoms with van der Waals surface area (Å²) in [7, 11) is 0. The normalized spacial score (nSPS) is 15.5. The standard InChI is InChI=1S/C27H30N4O2/c1-2-3-4-5-7-11-21-18-30(29-28-21)19-23-16-20-17-31(22-12-8-6-9-13-22)25-15-10-14-24(26(20)25)27(32)33-23/h6,8-10,12-15,17-18,23H,2-5,7,11,16,19H2,1H3. The molecule has 1 aliphatic rings. The van der Waals surface area contributed by atoms with E-state index in [9.17, 15) is 4.79 Å². The fourth-order valence-corrected chi connectivity index (χ4v) is 4.76. The molecule has 6 heteroatoms. The summed E-state index contributed by atoms with van der Waals surface area (Å²) in [5, 5.41) is 9.62. The van der Waals surface area contributed by atoms with E-state index < -0.39 is 0 Å². The van der Waals surface area contributed by atoms with E-state index in [1.807, 2.05) is 41.2 Å². The smallest absolute Gasteiger partial charge is 0.339 e. The number of unbranched alkanes of at least 4 members (excludes halogenated alkanes) is 4. The van der Waals surface area contributed by atoms with Crippen LogP contribution in [0.2, 0.25) is 0 Å². The number of ether oxygens (including phenoxy) is 1. The van der Waals surface area contributed by atoms with Crippen LogP contribution in [0.5, 0.6) is 0 Å². The minimum Gasteiger partial charge on any atom is -0.456 e. The van der Waals surface area contributed by atoms with E-state index in [2.05, 4.69) is 46.2 Å². The first-order valence-corrected chi connectivity index (χ1v) is 12.0. The molecule has 1 aliphatic heterocycles. The minimum absolute atomic E-state index is 0.272. The van der Waals surface area contributed by atoms with Crippen molar-refractivity contribution in [1.29, 1.82) is 0 Å². The van der Waals surface area contributed by atoms with Gasteiger partial charge in [-0.05, 0) is 42.7 Å². The Labute approximate surface area is 194 Å². The van der Waals surface area contributed by atoms with E-state index >= 15 is 0 Å². The highest BCUT2D eigenvalue weighted by molar-refractivity contribution is 6.06. The highest BCUT2D eigenvalue weighted by Crippen LogP contribution is 2.32. The van der Waals surface area contributed by atoms with E-state index in [-0.39, 0.29) is 12.1 Å². The largest absolute Gasteiger partial charge is 0.456 e. The van der Waals surface area contributed by atoms with Gasteiger partial charge in [0.15, 0.2) is 0 Å². The third kappa shape index (κ3) is 4.56. The molecule has 170 valence electrons. The van der Waals surface area contributed by atoms with Gasteiger partial charge in [-0.3, -0.25) is 0 Å². The first kappa shape index (κ1) is 21.4. The quantitative estimate of drug-likeness (QED) is 0.253. The molecule has 33 heavy (non-hydrogen) atoms. The molecule has 0 radical (unpaired) electrons. The van der Waals surface area contributed by atoms with Crippen LogP contribution in [0.25, 0.3) is 16.6 Å². The molecule has 0 amide bonds. The Morgan fingerprint density at radius 3 is 2.70 bits per heavy atom. The molecule has 0 saturated carbocycles. The van der Waals surface area contributed by atoms with Crippen LogP contribution in [0.4, 0.5) is 0 Å². The third-order valence-corrected chi connectivity index (χ3v) is 6.40. The number of nitrogens with zero attached hydrogens (tertiary/aromatic N) is 4. The molecule has 0 spiro atoms. The number of hydrogen-bond donors (Lipinski definition) is 0. The second kappa shape index (κ2) is 9.61. The van der Waals surface area contributed by atoms with Crippen molar-refractivity contribution in [2.75, 3.05) is 0 Å². The molecule has 6 nitrogen and oxygen atoms in total. The first-order chi connectivity index (χ1) is 16.2. The second-order valence-electron chi connectivity index (χ2n) is 8.89. The predicted octanol–water partition coefficient (Wildman–Crippen LogP) is 5.52. The average molecular weight is 443 g/mol. The third-order valence-electron chi connectivity index (χ3n) is 6.40. The molecular weight excluding hydrogens is 412 g/mol. The first-order valence-electron chi connectivity index (χ1n) is 12.0. The van der Waals surface area contributed by atoms with Gasteiger partial charge in [0.1, 0.15) is 6.10 Å². The number of benzene rings is 2.